The number of carbonyl (C=O) groups excluding carboxylic acids is 4. The molecule has 0 spiro atoms. The molecule has 4 rings (SSSR count). The molecule has 3 atom stereocenters. The minimum atomic E-state index is -2.41. The fourth-order valence-electron chi connectivity index (χ4n) is 4.85. The number of aliphatic carboxylic acids is 2. The van der Waals surface area contributed by atoms with Crippen LogP contribution in [0.5, 0.6) is 0 Å². The van der Waals surface area contributed by atoms with E-state index in [4.69, 9.17) is 16.2 Å². The number of fused-ring (bicyclic) bond motifs is 2. The third-order valence-electron chi connectivity index (χ3n) is 6.91. The van der Waals surface area contributed by atoms with Crippen LogP contribution in [-0.4, -0.2) is 87.0 Å². The summed E-state index contributed by atoms with van der Waals surface area (Å²) < 4.78 is 5.34. The lowest BCUT2D eigenvalue weighted by Gasteiger charge is -2.56. The van der Waals surface area contributed by atoms with Gasteiger partial charge in [0.15, 0.2) is 17.0 Å². The molecule has 1 fully saturated rings. The number of nitrogens with one attached hydrogen (secondary N) is 1. The monoisotopic (exact) mass is 532 g/mol. The second-order valence-electron chi connectivity index (χ2n) is 8.79. The first-order valence-corrected chi connectivity index (χ1v) is 12.2. The summed E-state index contributed by atoms with van der Waals surface area (Å²) >= 11 is 1.14. The Kier molecular flexibility index (Phi) is 6.71. The number of thioether (sulfide) groups is 1. The van der Waals surface area contributed by atoms with E-state index < -0.39 is 64.3 Å². The summed E-state index contributed by atoms with van der Waals surface area (Å²) in [5.74, 6) is -6.32. The van der Waals surface area contributed by atoms with Crippen LogP contribution in [0.1, 0.15) is 33.6 Å². The topological polar surface area (TPSA) is 219 Å². The van der Waals surface area contributed by atoms with E-state index in [0.29, 0.717) is 5.57 Å². The number of nitrogens with zero attached hydrogens (tertiary/aromatic N) is 1. The molecule has 14 heteroatoms. The molecule has 7 N–H and O–H groups in total. The normalized spacial score (nSPS) is 24.8. The Balaban J connectivity index is 1.51. The zero-order valence-corrected chi connectivity index (χ0v) is 20.4. The first-order valence-electron chi connectivity index (χ1n) is 11.1. The number of rotatable bonds is 9. The fourth-order valence-corrected chi connectivity index (χ4v) is 6.30. The summed E-state index contributed by atoms with van der Waals surface area (Å²) in [5.41, 5.74) is 7.32. The van der Waals surface area contributed by atoms with Gasteiger partial charge in [0.05, 0.1) is 6.04 Å². The highest BCUT2D eigenvalue weighted by molar-refractivity contribution is 8.00. The number of Topliss-reactive ketones (excluding diaryl/α,β-unsaturated/α-hetero) is 2. The van der Waals surface area contributed by atoms with Crippen molar-refractivity contribution in [2.75, 3.05) is 19.4 Å². The molecule has 3 aliphatic rings. The third kappa shape index (κ3) is 3.67. The van der Waals surface area contributed by atoms with Gasteiger partial charge in [-0.1, -0.05) is 24.3 Å². The standard InChI is InChI=1S/C23H24N4O9S/c1-36-23(19(33)27-14(18(31)32)10(8-24)9-37-20(23)27)26-17(30)13(25)6-7-22(21(34)35)15(28)11-4-2-3-5-12(11)16(22)29/h2-5,13,20H,6-9,24-25H2,1H3,(H,26,30)(H,31,32)(H,34,35)/t13?,20-,23-/m0/s1. The highest BCUT2D eigenvalue weighted by Crippen LogP contribution is 2.46. The van der Waals surface area contributed by atoms with Gasteiger partial charge in [0, 0.05) is 30.5 Å². The van der Waals surface area contributed by atoms with Crippen molar-refractivity contribution in [2.45, 2.75) is 30.0 Å². The summed E-state index contributed by atoms with van der Waals surface area (Å²) in [6, 6.07) is 4.32. The van der Waals surface area contributed by atoms with Gasteiger partial charge in [0.25, 0.3) is 11.6 Å². The van der Waals surface area contributed by atoms with Gasteiger partial charge >= 0.3 is 11.9 Å². The molecule has 13 nitrogen and oxygen atoms in total. The van der Waals surface area contributed by atoms with Crippen LogP contribution in [0.15, 0.2) is 35.5 Å². The van der Waals surface area contributed by atoms with Gasteiger partial charge in [-0.15, -0.1) is 11.8 Å². The number of carboxylic acid groups (broad SMARTS) is 2. The van der Waals surface area contributed by atoms with Gasteiger partial charge in [0.2, 0.25) is 5.91 Å². The van der Waals surface area contributed by atoms with Crippen LogP contribution in [-0.2, 0) is 23.9 Å². The molecule has 1 aromatic rings. The predicted molar refractivity (Wildman–Crippen MR) is 127 cm³/mol. The van der Waals surface area contributed by atoms with Crippen LogP contribution in [0, 0.1) is 5.41 Å². The summed E-state index contributed by atoms with van der Waals surface area (Å²) in [7, 11) is 1.16. The predicted octanol–water partition coefficient (Wildman–Crippen LogP) is -1.08. The molecule has 37 heavy (non-hydrogen) atoms. The number of hydrogen-bond acceptors (Lipinski definition) is 10. The van der Waals surface area contributed by atoms with Gasteiger partial charge in [-0.05, 0) is 18.4 Å². The van der Waals surface area contributed by atoms with E-state index in [0.717, 1.165) is 23.8 Å². The summed E-state index contributed by atoms with van der Waals surface area (Å²) in [6.07, 6.45) is -0.927. The first-order chi connectivity index (χ1) is 17.5. The molecule has 1 unspecified atom stereocenters. The molecule has 2 aliphatic heterocycles. The Morgan fingerprint density at radius 1 is 1.19 bits per heavy atom. The quantitative estimate of drug-likeness (QED) is 0.146. The zero-order chi connectivity index (χ0) is 27.3. The van der Waals surface area contributed by atoms with Gasteiger partial charge in [-0.25, -0.2) is 4.79 Å². The van der Waals surface area contributed by atoms with Crippen molar-refractivity contribution in [3.8, 4) is 0 Å². The number of carboxylic acids is 2. The molecule has 2 amide bonds. The maximum Gasteiger partial charge on any atom is 0.352 e. The first kappa shape index (κ1) is 26.5. The molecule has 2 heterocycles. The van der Waals surface area contributed by atoms with E-state index in [9.17, 15) is 39.0 Å². The molecule has 1 saturated heterocycles. The number of nitrogens with two attached hydrogens (primary N) is 2. The lowest BCUT2D eigenvalue weighted by molar-refractivity contribution is -0.192. The third-order valence-corrected chi connectivity index (χ3v) is 8.29. The summed E-state index contributed by atoms with van der Waals surface area (Å²) in [6.45, 7) is -0.0744. The Hall–Kier alpha value is -3.59. The van der Waals surface area contributed by atoms with Crippen LogP contribution >= 0.6 is 11.8 Å². The van der Waals surface area contributed by atoms with Crippen LogP contribution in [0.4, 0.5) is 0 Å². The van der Waals surface area contributed by atoms with Gasteiger partial charge in [-0.2, -0.15) is 0 Å². The maximum absolute atomic E-state index is 13.0. The van der Waals surface area contributed by atoms with Crippen LogP contribution < -0.4 is 16.8 Å². The summed E-state index contributed by atoms with van der Waals surface area (Å²) in [5, 5.41) is 20.9. The van der Waals surface area contributed by atoms with E-state index in [1.54, 1.807) is 0 Å². The van der Waals surface area contributed by atoms with Gasteiger partial charge in [0.1, 0.15) is 11.1 Å². The van der Waals surface area contributed by atoms with E-state index in [2.05, 4.69) is 5.32 Å². The van der Waals surface area contributed by atoms with Crippen molar-refractivity contribution in [1.29, 1.82) is 0 Å². The van der Waals surface area contributed by atoms with Crippen molar-refractivity contribution in [3.63, 3.8) is 0 Å². The highest BCUT2D eigenvalue weighted by Gasteiger charge is 2.67. The Morgan fingerprint density at radius 2 is 1.78 bits per heavy atom. The molecule has 0 radical (unpaired) electrons. The number of ether oxygens (including phenoxy) is 1. The number of β-lactam (4-membered cyclic amide) rings is 1. The second kappa shape index (κ2) is 9.37. The second-order valence-corrected chi connectivity index (χ2v) is 9.86. The molecule has 0 bridgehead atoms. The van der Waals surface area contributed by atoms with Crippen molar-refractivity contribution >= 4 is 47.1 Å². The van der Waals surface area contributed by atoms with Crippen molar-refractivity contribution < 1.29 is 43.7 Å². The van der Waals surface area contributed by atoms with E-state index in [-0.39, 0.29) is 35.5 Å². The van der Waals surface area contributed by atoms with E-state index in [1.165, 1.54) is 24.3 Å². The van der Waals surface area contributed by atoms with Gasteiger partial charge in [-0.3, -0.25) is 28.9 Å². The van der Waals surface area contributed by atoms with Crippen LogP contribution in [0.25, 0.3) is 0 Å². The van der Waals surface area contributed by atoms with E-state index in [1.807, 2.05) is 0 Å². The minimum Gasteiger partial charge on any atom is -0.480 e. The van der Waals surface area contributed by atoms with E-state index >= 15 is 0 Å². The average molecular weight is 533 g/mol. The lowest BCUT2D eigenvalue weighted by atomic mass is 9.77. The molecule has 1 aliphatic carbocycles. The van der Waals surface area contributed by atoms with Crippen LogP contribution in [0.2, 0.25) is 0 Å². The van der Waals surface area contributed by atoms with Gasteiger partial charge < -0.3 is 31.7 Å². The molecule has 0 aromatic heterocycles. The fraction of sp³-hybridized carbons (Fsp3) is 0.391. The Bertz CT molecular complexity index is 1240. The molecule has 1 aromatic carbocycles. The largest absolute Gasteiger partial charge is 0.480 e. The van der Waals surface area contributed by atoms with Crippen molar-refractivity contribution in [1.82, 2.24) is 10.2 Å². The van der Waals surface area contributed by atoms with Crippen molar-refractivity contribution in [2.24, 2.45) is 16.9 Å². The Morgan fingerprint density at radius 3 is 2.27 bits per heavy atom. The molecule has 0 saturated carbocycles. The average Bonchev–Trinajstić information content (AvgIpc) is 3.11. The minimum absolute atomic E-state index is 0.0140. The zero-order valence-electron chi connectivity index (χ0n) is 19.6. The van der Waals surface area contributed by atoms with Crippen molar-refractivity contribution in [3.05, 3.63) is 46.7 Å². The highest BCUT2D eigenvalue weighted by atomic mass is 32.2. The lowest BCUT2D eigenvalue weighted by Crippen LogP contribution is -2.81. The van der Waals surface area contributed by atoms with Crippen LogP contribution in [0.3, 0.4) is 0 Å². The Labute approximate surface area is 214 Å². The number of ketones is 2. The maximum atomic E-state index is 13.0. The number of amides is 2. The molecule has 196 valence electrons. The number of carbonyl (C=O) groups is 6. The summed E-state index contributed by atoms with van der Waals surface area (Å²) in [4.78, 5) is 76.8. The number of methoxy groups -OCH3 is 1. The number of hydrogen-bond donors (Lipinski definition) is 5. The SMILES string of the molecule is CO[C@@]1(NC(=O)C(N)CCC2(C(=O)O)C(=O)c3ccccc3C2=O)C(=O)N2C(C(=O)O)=C(CN)CS[C@H]21. The molecular weight excluding hydrogens is 508 g/mol. The number of benzene rings is 1. The molecular formula is C23H24N4O9S. The smallest absolute Gasteiger partial charge is 0.352 e.